The van der Waals surface area contributed by atoms with Crippen LogP contribution in [0.3, 0.4) is 0 Å². The van der Waals surface area contributed by atoms with Crippen molar-refractivity contribution >= 4 is 17.3 Å². The molecule has 0 heterocycles. The molecule has 2 nitrogen and oxygen atoms in total. The first-order chi connectivity index (χ1) is 7.66. The van der Waals surface area contributed by atoms with Crippen LogP contribution < -0.4 is 5.32 Å². The average molecular weight is 240 g/mol. The number of rotatable bonds is 2. The number of hydrogen-bond acceptors (Lipinski definition) is 2. The quantitative estimate of drug-likeness (QED) is 0.830. The van der Waals surface area contributed by atoms with Crippen molar-refractivity contribution in [2.45, 2.75) is 44.8 Å². The molecule has 16 heavy (non-hydrogen) atoms. The van der Waals surface area contributed by atoms with E-state index in [1.165, 1.54) is 12.0 Å². The summed E-state index contributed by atoms with van der Waals surface area (Å²) >= 11 is 6.12. The molecule has 88 valence electrons. The Labute approximate surface area is 102 Å². The Hall–Kier alpha value is -0.730. The van der Waals surface area contributed by atoms with Crippen molar-refractivity contribution in [1.82, 2.24) is 0 Å². The predicted octanol–water partition coefficient (Wildman–Crippen LogP) is 3.36. The minimum Gasteiger partial charge on any atom is -0.391 e. The molecule has 0 radical (unpaired) electrons. The summed E-state index contributed by atoms with van der Waals surface area (Å²) in [5.41, 5.74) is 2.12. The van der Waals surface area contributed by atoms with Gasteiger partial charge >= 0.3 is 0 Å². The maximum atomic E-state index is 9.88. The third-order valence-electron chi connectivity index (χ3n) is 3.19. The summed E-state index contributed by atoms with van der Waals surface area (Å²) in [6, 6.07) is 6.07. The number of nitrogens with one attached hydrogen (secondary N) is 1. The van der Waals surface area contributed by atoms with Crippen molar-refractivity contribution in [2.75, 3.05) is 5.32 Å². The van der Waals surface area contributed by atoms with Gasteiger partial charge in [-0.1, -0.05) is 30.5 Å². The smallest absolute Gasteiger partial charge is 0.0741 e. The van der Waals surface area contributed by atoms with Crippen molar-refractivity contribution in [3.63, 3.8) is 0 Å². The molecule has 2 atom stereocenters. The Kier molecular flexibility index (Phi) is 3.72. The van der Waals surface area contributed by atoms with Crippen LogP contribution in [-0.2, 0) is 0 Å². The summed E-state index contributed by atoms with van der Waals surface area (Å²) in [6.07, 6.45) is 3.97. The van der Waals surface area contributed by atoms with Gasteiger partial charge in [0.2, 0.25) is 0 Å². The molecule has 0 aliphatic heterocycles. The summed E-state index contributed by atoms with van der Waals surface area (Å²) in [4.78, 5) is 0. The van der Waals surface area contributed by atoms with Crippen LogP contribution in [0, 0.1) is 6.92 Å². The summed E-state index contributed by atoms with van der Waals surface area (Å²) in [5.74, 6) is 0. The molecular weight excluding hydrogens is 222 g/mol. The van der Waals surface area contributed by atoms with Crippen LogP contribution in [0.1, 0.15) is 31.2 Å². The van der Waals surface area contributed by atoms with Gasteiger partial charge in [0.25, 0.3) is 0 Å². The van der Waals surface area contributed by atoms with Gasteiger partial charge in [-0.15, -0.1) is 0 Å². The topological polar surface area (TPSA) is 32.3 Å². The lowest BCUT2D eigenvalue weighted by Gasteiger charge is -2.29. The maximum Gasteiger partial charge on any atom is 0.0741 e. The molecule has 2 N–H and O–H groups in total. The van der Waals surface area contributed by atoms with E-state index >= 15 is 0 Å². The van der Waals surface area contributed by atoms with Crippen molar-refractivity contribution in [2.24, 2.45) is 0 Å². The van der Waals surface area contributed by atoms with Crippen molar-refractivity contribution < 1.29 is 5.11 Å². The molecule has 0 unspecified atom stereocenters. The van der Waals surface area contributed by atoms with E-state index in [-0.39, 0.29) is 12.1 Å². The largest absolute Gasteiger partial charge is 0.391 e. The first kappa shape index (κ1) is 11.7. The van der Waals surface area contributed by atoms with Gasteiger partial charge in [-0.2, -0.15) is 0 Å². The zero-order valence-corrected chi connectivity index (χ0v) is 10.3. The summed E-state index contributed by atoms with van der Waals surface area (Å²) in [5, 5.41) is 14.0. The lowest BCUT2D eigenvalue weighted by molar-refractivity contribution is 0.116. The van der Waals surface area contributed by atoms with E-state index < -0.39 is 0 Å². The molecule has 0 amide bonds. The third-order valence-corrected chi connectivity index (χ3v) is 3.52. The van der Waals surface area contributed by atoms with Gasteiger partial charge < -0.3 is 10.4 Å². The SMILES string of the molecule is Cc1ccc(Cl)c(N[C@H]2CCCC[C@@H]2O)c1. The molecule has 0 saturated heterocycles. The maximum absolute atomic E-state index is 9.88. The Morgan fingerprint density at radius 2 is 2.06 bits per heavy atom. The van der Waals surface area contributed by atoms with Crippen molar-refractivity contribution in [3.05, 3.63) is 28.8 Å². The fourth-order valence-corrected chi connectivity index (χ4v) is 2.40. The van der Waals surface area contributed by atoms with Gasteiger partial charge in [0.15, 0.2) is 0 Å². The van der Waals surface area contributed by atoms with Crippen LogP contribution in [-0.4, -0.2) is 17.3 Å². The lowest BCUT2D eigenvalue weighted by Crippen LogP contribution is -2.36. The third kappa shape index (κ3) is 2.69. The Morgan fingerprint density at radius 1 is 1.31 bits per heavy atom. The molecule has 1 aromatic carbocycles. The second-order valence-electron chi connectivity index (χ2n) is 4.59. The first-order valence-electron chi connectivity index (χ1n) is 5.87. The van der Waals surface area contributed by atoms with Gasteiger partial charge in [-0.25, -0.2) is 0 Å². The fraction of sp³-hybridized carbons (Fsp3) is 0.538. The van der Waals surface area contributed by atoms with Crippen LogP contribution in [0.15, 0.2) is 18.2 Å². The van der Waals surface area contributed by atoms with Crippen molar-refractivity contribution in [1.29, 1.82) is 0 Å². The second-order valence-corrected chi connectivity index (χ2v) is 4.99. The summed E-state index contributed by atoms with van der Waals surface area (Å²) in [7, 11) is 0. The highest BCUT2D eigenvalue weighted by Gasteiger charge is 2.23. The number of aliphatic hydroxyl groups is 1. The standard InChI is InChI=1S/C13H18ClNO/c1-9-6-7-10(14)12(8-9)15-11-4-2-3-5-13(11)16/h6-8,11,13,15-16H,2-5H2,1H3/t11-,13-/m0/s1. The lowest BCUT2D eigenvalue weighted by atomic mass is 9.92. The number of aryl methyl sites for hydroxylation is 1. The molecule has 2 rings (SSSR count). The number of benzene rings is 1. The van der Waals surface area contributed by atoms with E-state index in [2.05, 4.69) is 5.32 Å². The molecule has 0 aromatic heterocycles. The molecule has 1 aliphatic carbocycles. The summed E-state index contributed by atoms with van der Waals surface area (Å²) in [6.45, 7) is 2.04. The van der Waals surface area contributed by atoms with Gasteiger partial charge in [-0.05, 0) is 37.5 Å². The predicted molar refractivity (Wildman–Crippen MR) is 68.1 cm³/mol. The van der Waals surface area contributed by atoms with Gasteiger partial charge in [0, 0.05) is 0 Å². The normalized spacial score (nSPS) is 25.4. The van der Waals surface area contributed by atoms with Crippen LogP contribution in [0.5, 0.6) is 0 Å². The van der Waals surface area contributed by atoms with E-state index in [0.29, 0.717) is 0 Å². The van der Waals surface area contributed by atoms with Crippen LogP contribution in [0.4, 0.5) is 5.69 Å². The van der Waals surface area contributed by atoms with Crippen molar-refractivity contribution in [3.8, 4) is 0 Å². The highest BCUT2D eigenvalue weighted by Crippen LogP contribution is 2.27. The van der Waals surface area contributed by atoms with Crippen LogP contribution in [0.2, 0.25) is 5.02 Å². The van der Waals surface area contributed by atoms with Gasteiger partial charge in [0.1, 0.15) is 0 Å². The molecule has 1 aromatic rings. The number of hydrogen-bond donors (Lipinski definition) is 2. The number of aliphatic hydroxyl groups excluding tert-OH is 1. The highest BCUT2D eigenvalue weighted by molar-refractivity contribution is 6.33. The first-order valence-corrected chi connectivity index (χ1v) is 6.25. The molecule has 1 fully saturated rings. The molecule has 0 bridgehead atoms. The van der Waals surface area contributed by atoms with Gasteiger partial charge in [0.05, 0.1) is 22.9 Å². The minimum absolute atomic E-state index is 0.146. The Balaban J connectivity index is 2.10. The minimum atomic E-state index is -0.245. The molecule has 1 aliphatic rings. The van der Waals surface area contributed by atoms with Crippen LogP contribution >= 0.6 is 11.6 Å². The molecule has 3 heteroatoms. The van der Waals surface area contributed by atoms with E-state index in [1.54, 1.807) is 0 Å². The number of halogens is 1. The van der Waals surface area contributed by atoms with E-state index in [0.717, 1.165) is 30.0 Å². The Morgan fingerprint density at radius 3 is 2.81 bits per heavy atom. The van der Waals surface area contributed by atoms with Gasteiger partial charge in [-0.3, -0.25) is 0 Å². The molecule has 0 spiro atoms. The fourth-order valence-electron chi connectivity index (χ4n) is 2.23. The summed E-state index contributed by atoms with van der Waals surface area (Å²) < 4.78 is 0. The highest BCUT2D eigenvalue weighted by atomic mass is 35.5. The number of anilines is 1. The van der Waals surface area contributed by atoms with E-state index in [9.17, 15) is 5.11 Å². The van der Waals surface area contributed by atoms with E-state index in [4.69, 9.17) is 11.6 Å². The molecule has 1 saturated carbocycles. The Bertz CT molecular complexity index is 367. The van der Waals surface area contributed by atoms with Crippen LogP contribution in [0.25, 0.3) is 0 Å². The van der Waals surface area contributed by atoms with E-state index in [1.807, 2.05) is 25.1 Å². The molecular formula is C13H18ClNO. The second kappa shape index (κ2) is 5.07. The zero-order valence-electron chi connectivity index (χ0n) is 9.54. The monoisotopic (exact) mass is 239 g/mol. The average Bonchev–Trinajstić information content (AvgIpc) is 2.27. The zero-order chi connectivity index (χ0) is 11.5.